The largest absolute Gasteiger partial charge is 0.455 e. The van der Waals surface area contributed by atoms with E-state index in [2.05, 4.69) is 196 Å². The molecular formula is C55H36O. The van der Waals surface area contributed by atoms with E-state index in [0.717, 1.165) is 11.2 Å². The first-order valence-corrected chi connectivity index (χ1v) is 19.6. The molecule has 56 heavy (non-hydrogen) atoms. The van der Waals surface area contributed by atoms with E-state index in [-0.39, 0.29) is 5.41 Å². The summed E-state index contributed by atoms with van der Waals surface area (Å²) in [5, 5.41) is 12.3. The van der Waals surface area contributed by atoms with Gasteiger partial charge in [-0.25, -0.2) is 0 Å². The standard InChI is InChI=1S/C55H36O/c1-55(2)47-27-24-39(32-46(47)53-48(55)28-26-45-52-40-15-7-6-14-34(40)25-29-49(52)56-54(45)53)51-43-18-10-8-16-41(43)50(42-17-9-11-19-44(42)51)38-23-22-36-30-35(20-21-37(36)31-38)33-12-4-3-5-13-33/h3-32H,1-2H3. The van der Waals surface area contributed by atoms with Crippen LogP contribution in [-0.4, -0.2) is 0 Å². The van der Waals surface area contributed by atoms with Crippen LogP contribution in [0, 0.1) is 0 Å². The molecule has 1 nitrogen and oxygen atoms in total. The van der Waals surface area contributed by atoms with Crippen LogP contribution < -0.4 is 0 Å². The van der Waals surface area contributed by atoms with Crippen molar-refractivity contribution in [3.63, 3.8) is 0 Å². The monoisotopic (exact) mass is 712 g/mol. The fraction of sp³-hybridized carbons (Fsp3) is 0.0545. The molecule has 10 aromatic carbocycles. The first-order valence-electron chi connectivity index (χ1n) is 19.6. The summed E-state index contributed by atoms with van der Waals surface area (Å²) in [7, 11) is 0. The molecule has 0 fully saturated rings. The molecule has 0 N–H and O–H groups in total. The fourth-order valence-corrected chi connectivity index (χ4v) is 9.96. The molecule has 0 radical (unpaired) electrons. The van der Waals surface area contributed by atoms with Gasteiger partial charge in [-0.1, -0.05) is 172 Å². The Bertz CT molecular complexity index is 3380. The van der Waals surface area contributed by atoms with Crippen LogP contribution in [0.4, 0.5) is 0 Å². The van der Waals surface area contributed by atoms with Crippen molar-refractivity contribution in [3.8, 4) is 44.5 Å². The topological polar surface area (TPSA) is 13.1 Å². The fourth-order valence-electron chi connectivity index (χ4n) is 9.96. The average Bonchev–Trinajstić information content (AvgIpc) is 3.74. The number of furan rings is 1. The van der Waals surface area contributed by atoms with E-state index in [0.29, 0.717) is 0 Å². The molecule has 0 unspecified atom stereocenters. The van der Waals surface area contributed by atoms with E-state index in [1.165, 1.54) is 109 Å². The van der Waals surface area contributed by atoms with E-state index >= 15 is 0 Å². The minimum atomic E-state index is -0.162. The molecule has 0 bridgehead atoms. The summed E-state index contributed by atoms with van der Waals surface area (Å²) in [5.41, 5.74) is 14.4. The highest BCUT2D eigenvalue weighted by Crippen LogP contribution is 2.54. The molecule has 0 amide bonds. The van der Waals surface area contributed by atoms with Gasteiger partial charge in [0.25, 0.3) is 0 Å². The summed E-state index contributed by atoms with van der Waals surface area (Å²) in [5.74, 6) is 0. The minimum Gasteiger partial charge on any atom is -0.455 e. The van der Waals surface area contributed by atoms with Gasteiger partial charge in [0.05, 0.1) is 0 Å². The molecule has 11 aromatic rings. The van der Waals surface area contributed by atoms with E-state index in [1.807, 2.05) is 0 Å². The molecule has 0 saturated heterocycles. The van der Waals surface area contributed by atoms with Gasteiger partial charge in [0.1, 0.15) is 11.2 Å². The number of benzene rings is 10. The highest BCUT2D eigenvalue weighted by atomic mass is 16.3. The molecule has 0 atom stereocenters. The second-order valence-electron chi connectivity index (χ2n) is 16.0. The third-order valence-corrected chi connectivity index (χ3v) is 12.6. The third-order valence-electron chi connectivity index (χ3n) is 12.6. The average molecular weight is 713 g/mol. The highest BCUT2D eigenvalue weighted by Gasteiger charge is 2.38. The summed E-state index contributed by atoms with van der Waals surface area (Å²) in [4.78, 5) is 0. The molecule has 1 aliphatic carbocycles. The first kappa shape index (κ1) is 31.4. The summed E-state index contributed by atoms with van der Waals surface area (Å²) >= 11 is 0. The second-order valence-corrected chi connectivity index (χ2v) is 16.0. The van der Waals surface area contributed by atoms with Crippen molar-refractivity contribution < 1.29 is 4.42 Å². The molecular weight excluding hydrogens is 677 g/mol. The summed E-state index contributed by atoms with van der Waals surface area (Å²) in [6.07, 6.45) is 0. The zero-order chi connectivity index (χ0) is 37.1. The summed E-state index contributed by atoms with van der Waals surface area (Å²) in [6.45, 7) is 4.71. The molecule has 12 rings (SSSR count). The van der Waals surface area contributed by atoms with Gasteiger partial charge in [-0.2, -0.15) is 0 Å². The molecule has 1 heterocycles. The first-order chi connectivity index (χ1) is 27.5. The van der Waals surface area contributed by atoms with Gasteiger partial charge in [-0.3, -0.25) is 0 Å². The normalized spacial score (nSPS) is 13.3. The Morgan fingerprint density at radius 2 is 0.893 bits per heavy atom. The maximum atomic E-state index is 6.86. The molecule has 0 saturated carbocycles. The van der Waals surface area contributed by atoms with Crippen molar-refractivity contribution in [2.45, 2.75) is 19.3 Å². The zero-order valence-electron chi connectivity index (χ0n) is 31.2. The van der Waals surface area contributed by atoms with Crippen molar-refractivity contribution in [2.75, 3.05) is 0 Å². The Balaban J connectivity index is 1.08. The molecule has 1 aliphatic rings. The minimum absolute atomic E-state index is 0.162. The molecule has 262 valence electrons. The van der Waals surface area contributed by atoms with Gasteiger partial charge < -0.3 is 4.42 Å². The lowest BCUT2D eigenvalue weighted by atomic mass is 9.81. The van der Waals surface area contributed by atoms with Gasteiger partial charge in [-0.05, 0) is 117 Å². The van der Waals surface area contributed by atoms with Gasteiger partial charge in [0.15, 0.2) is 0 Å². The van der Waals surface area contributed by atoms with Gasteiger partial charge in [0.2, 0.25) is 0 Å². The number of fused-ring (bicyclic) bond motifs is 12. The third kappa shape index (κ3) is 4.37. The van der Waals surface area contributed by atoms with Crippen LogP contribution in [0.2, 0.25) is 0 Å². The second kappa shape index (κ2) is 11.5. The van der Waals surface area contributed by atoms with E-state index in [4.69, 9.17) is 4.42 Å². The zero-order valence-corrected chi connectivity index (χ0v) is 31.2. The number of hydrogen-bond donors (Lipinski definition) is 0. The molecule has 1 aromatic heterocycles. The van der Waals surface area contributed by atoms with Crippen molar-refractivity contribution in [1.29, 1.82) is 0 Å². The van der Waals surface area contributed by atoms with Gasteiger partial charge in [-0.15, -0.1) is 0 Å². The Hall–Kier alpha value is -6.96. The lowest BCUT2D eigenvalue weighted by Crippen LogP contribution is -2.14. The summed E-state index contributed by atoms with van der Waals surface area (Å²) < 4.78 is 6.86. The van der Waals surface area contributed by atoms with E-state index in [9.17, 15) is 0 Å². The SMILES string of the molecule is CC1(C)c2ccc(-c3c4ccccc4c(-c4ccc5cc(-c6ccccc6)ccc5c4)c4ccccc34)cc2-c2c1ccc1c2oc2ccc3ccccc3c21. The van der Waals surface area contributed by atoms with Crippen molar-refractivity contribution in [3.05, 3.63) is 193 Å². The van der Waals surface area contributed by atoms with E-state index in [1.54, 1.807) is 0 Å². The summed E-state index contributed by atoms with van der Waals surface area (Å²) in [6, 6.07) is 67.1. The van der Waals surface area contributed by atoms with Crippen LogP contribution in [-0.2, 0) is 5.41 Å². The van der Waals surface area contributed by atoms with Crippen LogP contribution in [0.1, 0.15) is 25.0 Å². The lowest BCUT2D eigenvalue weighted by molar-refractivity contribution is 0.653. The quantitative estimate of drug-likeness (QED) is 0.166. The maximum Gasteiger partial charge on any atom is 0.143 e. The van der Waals surface area contributed by atoms with Crippen LogP contribution in [0.15, 0.2) is 186 Å². The Kier molecular flexibility index (Phi) is 6.46. The smallest absolute Gasteiger partial charge is 0.143 e. The number of hydrogen-bond acceptors (Lipinski definition) is 1. The molecule has 0 aliphatic heterocycles. The number of rotatable bonds is 3. The van der Waals surface area contributed by atoms with Crippen molar-refractivity contribution >= 4 is 65.0 Å². The van der Waals surface area contributed by atoms with Crippen molar-refractivity contribution in [1.82, 2.24) is 0 Å². The highest BCUT2D eigenvalue weighted by molar-refractivity contribution is 6.23. The van der Waals surface area contributed by atoms with Crippen LogP contribution in [0.5, 0.6) is 0 Å². The predicted molar refractivity (Wildman–Crippen MR) is 238 cm³/mol. The van der Waals surface area contributed by atoms with Gasteiger partial charge >= 0.3 is 0 Å². The van der Waals surface area contributed by atoms with Gasteiger partial charge in [0, 0.05) is 21.8 Å². The van der Waals surface area contributed by atoms with Crippen molar-refractivity contribution in [2.24, 2.45) is 0 Å². The molecule has 1 heteroatoms. The lowest BCUT2D eigenvalue weighted by Gasteiger charge is -2.22. The van der Waals surface area contributed by atoms with Crippen LogP contribution >= 0.6 is 0 Å². The Labute approximate surface area is 325 Å². The Morgan fingerprint density at radius 1 is 0.357 bits per heavy atom. The predicted octanol–water partition coefficient (Wildman–Crippen LogP) is 15.5. The Morgan fingerprint density at radius 3 is 1.59 bits per heavy atom. The maximum absolute atomic E-state index is 6.86. The van der Waals surface area contributed by atoms with Crippen LogP contribution in [0.25, 0.3) is 110 Å². The van der Waals surface area contributed by atoms with E-state index < -0.39 is 0 Å². The molecule has 0 spiro atoms. The van der Waals surface area contributed by atoms with Crippen LogP contribution in [0.3, 0.4) is 0 Å².